The van der Waals surface area contributed by atoms with Crippen LogP contribution in [0.25, 0.3) is 0 Å². The monoisotopic (exact) mass is 305 g/mol. The second-order valence-electron chi connectivity index (χ2n) is 5.63. The van der Waals surface area contributed by atoms with Gasteiger partial charge in [0.25, 0.3) is 0 Å². The summed E-state index contributed by atoms with van der Waals surface area (Å²) < 4.78 is 0. The van der Waals surface area contributed by atoms with E-state index in [4.69, 9.17) is 0 Å². The largest absolute Gasteiger partial charge is 0.353 e. The van der Waals surface area contributed by atoms with Gasteiger partial charge in [0.05, 0.1) is 5.75 Å². The Hall–Kier alpha value is -1.29. The van der Waals surface area contributed by atoms with Crippen molar-refractivity contribution in [3.63, 3.8) is 0 Å². The summed E-state index contributed by atoms with van der Waals surface area (Å²) in [6.45, 7) is 1.56. The lowest BCUT2D eigenvalue weighted by Crippen LogP contribution is -2.35. The summed E-state index contributed by atoms with van der Waals surface area (Å²) in [5.41, 5.74) is 0.710. The highest BCUT2D eigenvalue weighted by atomic mass is 32.2. The number of rotatable bonds is 5. The first-order valence-electron chi connectivity index (χ1n) is 7.68. The molecule has 2 rings (SSSR count). The third-order valence-corrected chi connectivity index (χ3v) is 4.86. The quantitative estimate of drug-likeness (QED) is 0.511. The molecule has 0 radical (unpaired) electrons. The van der Waals surface area contributed by atoms with Crippen LogP contribution < -0.4 is 5.32 Å². The number of Topliss-reactive ketones (excluding diaryl/α,β-unsaturated/α-hetero) is 1. The predicted molar refractivity (Wildman–Crippen MR) is 86.8 cm³/mol. The molecule has 4 heteroatoms. The fraction of sp³-hybridized carbons (Fsp3) is 0.529. The van der Waals surface area contributed by atoms with Gasteiger partial charge in [0, 0.05) is 16.5 Å². The number of hydrogen-bond donors (Lipinski definition) is 1. The number of amides is 1. The molecule has 0 heterocycles. The summed E-state index contributed by atoms with van der Waals surface area (Å²) >= 11 is 1.52. The van der Waals surface area contributed by atoms with E-state index in [1.807, 2.05) is 24.3 Å². The number of benzene rings is 1. The van der Waals surface area contributed by atoms with Crippen LogP contribution in [0.3, 0.4) is 0 Å². The van der Waals surface area contributed by atoms with E-state index in [-0.39, 0.29) is 11.7 Å². The number of carbonyl (C=O) groups is 2. The number of carbonyl (C=O) groups excluding carboxylic acids is 2. The van der Waals surface area contributed by atoms with Crippen LogP contribution >= 0.6 is 11.8 Å². The first-order valence-corrected chi connectivity index (χ1v) is 8.67. The van der Waals surface area contributed by atoms with Crippen molar-refractivity contribution in [2.75, 3.05) is 5.75 Å². The lowest BCUT2D eigenvalue weighted by molar-refractivity contribution is -0.119. The summed E-state index contributed by atoms with van der Waals surface area (Å²) in [6, 6.07) is 7.79. The highest BCUT2D eigenvalue weighted by Crippen LogP contribution is 2.20. The average Bonchev–Trinajstić information content (AvgIpc) is 2.74. The van der Waals surface area contributed by atoms with Crippen LogP contribution in [0.15, 0.2) is 29.2 Å². The Bertz CT molecular complexity index is 476. The van der Waals surface area contributed by atoms with Crippen LogP contribution in [0.1, 0.15) is 55.8 Å². The zero-order valence-electron chi connectivity index (χ0n) is 12.6. The summed E-state index contributed by atoms with van der Waals surface area (Å²) in [5.74, 6) is 0.621. The molecule has 114 valence electrons. The molecule has 0 aliphatic heterocycles. The third kappa shape index (κ3) is 5.54. The first-order chi connectivity index (χ1) is 10.1. The molecular formula is C17H23NO2S. The summed E-state index contributed by atoms with van der Waals surface area (Å²) in [4.78, 5) is 24.2. The van der Waals surface area contributed by atoms with E-state index in [0.29, 0.717) is 17.4 Å². The standard InChI is InChI=1S/C17H23NO2S/c1-13(19)14-8-10-16(11-9-14)21-12-17(20)18-15-6-4-2-3-5-7-15/h8-11,15H,2-7,12H2,1H3,(H,18,20). The minimum absolute atomic E-state index is 0.0673. The second kappa shape index (κ2) is 8.23. The van der Waals surface area contributed by atoms with E-state index < -0.39 is 0 Å². The highest BCUT2D eigenvalue weighted by Gasteiger charge is 2.14. The van der Waals surface area contributed by atoms with Crippen molar-refractivity contribution in [2.45, 2.75) is 56.4 Å². The Morgan fingerprint density at radius 3 is 2.29 bits per heavy atom. The second-order valence-corrected chi connectivity index (χ2v) is 6.67. The van der Waals surface area contributed by atoms with Gasteiger partial charge in [0.2, 0.25) is 5.91 Å². The van der Waals surface area contributed by atoms with Crippen LogP contribution in [-0.4, -0.2) is 23.5 Å². The Kier molecular flexibility index (Phi) is 6.30. The van der Waals surface area contributed by atoms with Gasteiger partial charge in [-0.3, -0.25) is 9.59 Å². The van der Waals surface area contributed by atoms with E-state index in [9.17, 15) is 9.59 Å². The van der Waals surface area contributed by atoms with Crippen molar-refractivity contribution in [3.05, 3.63) is 29.8 Å². The van der Waals surface area contributed by atoms with Gasteiger partial charge < -0.3 is 5.32 Å². The zero-order chi connectivity index (χ0) is 15.1. The molecule has 1 fully saturated rings. The smallest absolute Gasteiger partial charge is 0.230 e. The van der Waals surface area contributed by atoms with Crippen LogP contribution in [-0.2, 0) is 4.79 Å². The van der Waals surface area contributed by atoms with Crippen molar-refractivity contribution < 1.29 is 9.59 Å². The highest BCUT2D eigenvalue weighted by molar-refractivity contribution is 8.00. The van der Waals surface area contributed by atoms with Crippen molar-refractivity contribution in [3.8, 4) is 0 Å². The molecule has 1 aromatic rings. The molecule has 1 saturated carbocycles. The lowest BCUT2D eigenvalue weighted by atomic mass is 10.1. The summed E-state index contributed by atoms with van der Waals surface area (Å²) in [5, 5.41) is 3.14. The van der Waals surface area contributed by atoms with Crippen molar-refractivity contribution in [1.82, 2.24) is 5.32 Å². The number of hydrogen-bond acceptors (Lipinski definition) is 3. The van der Waals surface area contributed by atoms with Gasteiger partial charge in [0.15, 0.2) is 5.78 Å². The minimum Gasteiger partial charge on any atom is -0.353 e. The molecule has 3 nitrogen and oxygen atoms in total. The third-order valence-electron chi connectivity index (χ3n) is 3.85. The van der Waals surface area contributed by atoms with Gasteiger partial charge in [0.1, 0.15) is 0 Å². The average molecular weight is 305 g/mol. The van der Waals surface area contributed by atoms with Crippen molar-refractivity contribution >= 4 is 23.5 Å². The maximum atomic E-state index is 12.0. The molecule has 0 bridgehead atoms. The predicted octanol–water partition coefficient (Wildman–Crippen LogP) is 3.82. The summed E-state index contributed by atoms with van der Waals surface area (Å²) in [6.07, 6.45) is 7.27. The van der Waals surface area contributed by atoms with Gasteiger partial charge in [-0.25, -0.2) is 0 Å². The van der Waals surface area contributed by atoms with Crippen LogP contribution in [0.4, 0.5) is 0 Å². The fourth-order valence-electron chi connectivity index (χ4n) is 2.63. The molecule has 0 spiro atoms. The van der Waals surface area contributed by atoms with Gasteiger partial charge >= 0.3 is 0 Å². The van der Waals surface area contributed by atoms with E-state index in [2.05, 4.69) is 5.32 Å². The fourth-order valence-corrected chi connectivity index (χ4v) is 3.34. The van der Waals surface area contributed by atoms with Crippen molar-refractivity contribution in [1.29, 1.82) is 0 Å². The van der Waals surface area contributed by atoms with Gasteiger partial charge in [-0.1, -0.05) is 37.8 Å². The van der Waals surface area contributed by atoms with E-state index in [1.165, 1.54) is 37.4 Å². The molecule has 1 aromatic carbocycles. The van der Waals surface area contributed by atoms with Gasteiger partial charge in [-0.2, -0.15) is 0 Å². The Morgan fingerprint density at radius 2 is 1.71 bits per heavy atom. The molecule has 0 saturated heterocycles. The van der Waals surface area contributed by atoms with Crippen LogP contribution in [0.2, 0.25) is 0 Å². The van der Waals surface area contributed by atoms with Crippen LogP contribution in [0.5, 0.6) is 0 Å². The topological polar surface area (TPSA) is 46.2 Å². The molecule has 0 aromatic heterocycles. The zero-order valence-corrected chi connectivity index (χ0v) is 13.4. The number of ketones is 1. The van der Waals surface area contributed by atoms with Gasteiger partial charge in [-0.05, 0) is 31.9 Å². The SMILES string of the molecule is CC(=O)c1ccc(SCC(=O)NC2CCCCCC2)cc1. The van der Waals surface area contributed by atoms with Crippen molar-refractivity contribution in [2.24, 2.45) is 0 Å². The molecule has 1 aliphatic carbocycles. The summed E-state index contributed by atoms with van der Waals surface area (Å²) in [7, 11) is 0. The van der Waals surface area contributed by atoms with E-state index in [1.54, 1.807) is 6.92 Å². The molecule has 1 N–H and O–H groups in total. The maximum absolute atomic E-state index is 12.0. The number of nitrogens with one attached hydrogen (secondary N) is 1. The normalized spacial score (nSPS) is 16.2. The minimum atomic E-state index is 0.0673. The molecule has 1 aliphatic rings. The molecular weight excluding hydrogens is 282 g/mol. The molecule has 21 heavy (non-hydrogen) atoms. The van der Waals surface area contributed by atoms with E-state index >= 15 is 0 Å². The maximum Gasteiger partial charge on any atom is 0.230 e. The Balaban J connectivity index is 1.76. The van der Waals surface area contributed by atoms with Gasteiger partial charge in [-0.15, -0.1) is 11.8 Å². The van der Waals surface area contributed by atoms with E-state index in [0.717, 1.165) is 17.7 Å². The van der Waals surface area contributed by atoms with Crippen LogP contribution in [0, 0.1) is 0 Å². The molecule has 1 amide bonds. The Morgan fingerprint density at radius 1 is 1.10 bits per heavy atom. The Labute approximate surface area is 130 Å². The number of thioether (sulfide) groups is 1. The lowest BCUT2D eigenvalue weighted by Gasteiger charge is -2.15. The molecule has 0 atom stereocenters. The first kappa shape index (κ1) is 16.1. The molecule has 0 unspecified atom stereocenters.